The Morgan fingerprint density at radius 1 is 1.03 bits per heavy atom. The molecular weight excluding hydrogens is 449 g/mol. The van der Waals surface area contributed by atoms with E-state index in [1.165, 1.54) is 17.8 Å². The van der Waals surface area contributed by atoms with E-state index >= 15 is 0 Å². The third kappa shape index (κ3) is 3.68. The summed E-state index contributed by atoms with van der Waals surface area (Å²) in [6.07, 6.45) is 3.85. The normalized spacial score (nSPS) is 26.5. The number of rotatable bonds is 4. The van der Waals surface area contributed by atoms with Crippen LogP contribution in [0.25, 0.3) is 0 Å². The fourth-order valence-corrected chi connectivity index (χ4v) is 6.57. The molecule has 1 N–H and O–H groups in total. The fourth-order valence-electron chi connectivity index (χ4n) is 5.79. The van der Waals surface area contributed by atoms with E-state index in [4.69, 9.17) is 4.98 Å². The van der Waals surface area contributed by atoms with Crippen LogP contribution in [0.3, 0.4) is 0 Å². The van der Waals surface area contributed by atoms with Crippen LogP contribution in [0.15, 0.2) is 18.2 Å². The molecule has 0 spiro atoms. The van der Waals surface area contributed by atoms with Gasteiger partial charge in [0, 0.05) is 31.6 Å². The summed E-state index contributed by atoms with van der Waals surface area (Å²) in [5.41, 5.74) is 1.46. The van der Waals surface area contributed by atoms with E-state index < -0.39 is 17.5 Å². The second-order valence-electron chi connectivity index (χ2n) is 9.49. The van der Waals surface area contributed by atoms with Crippen LogP contribution in [0.4, 0.5) is 24.1 Å². The van der Waals surface area contributed by atoms with Crippen molar-refractivity contribution in [3.63, 3.8) is 0 Å². The number of nitrogens with zero attached hydrogens (tertiary/aromatic N) is 5. The first-order valence-corrected chi connectivity index (χ1v) is 12.3. The zero-order valence-corrected chi connectivity index (χ0v) is 19.1. The Hall–Kier alpha value is -2.62. The van der Waals surface area contributed by atoms with E-state index in [2.05, 4.69) is 25.8 Å². The van der Waals surface area contributed by atoms with Crippen molar-refractivity contribution >= 4 is 22.5 Å². The predicted octanol–water partition coefficient (Wildman–Crippen LogP) is 4.71. The topological polar surface area (TPSA) is 58.9 Å². The number of aromatic nitrogens is 4. The maximum absolute atomic E-state index is 13.9. The number of nitrogens with one attached hydrogen (secondary N) is 1. The Morgan fingerprint density at radius 2 is 1.76 bits per heavy atom. The first kappa shape index (κ1) is 20.9. The van der Waals surface area contributed by atoms with Crippen molar-refractivity contribution in [2.45, 2.75) is 51.1 Å². The summed E-state index contributed by atoms with van der Waals surface area (Å²) in [4.78, 5) is 7.19. The van der Waals surface area contributed by atoms with Crippen molar-refractivity contribution in [2.75, 3.05) is 23.3 Å². The lowest BCUT2D eigenvalue weighted by Crippen LogP contribution is -2.48. The van der Waals surface area contributed by atoms with E-state index in [0.717, 1.165) is 37.3 Å². The fraction of sp³-hybridized carbons (Fsp3) is 0.522. The number of benzene rings is 1. The monoisotopic (exact) mass is 474 g/mol. The molecule has 2 fully saturated rings. The van der Waals surface area contributed by atoms with E-state index in [1.54, 1.807) is 11.5 Å². The minimum Gasteiger partial charge on any atom is -0.361 e. The van der Waals surface area contributed by atoms with Gasteiger partial charge >= 0.3 is 0 Å². The summed E-state index contributed by atoms with van der Waals surface area (Å²) >= 11 is 1.56. The van der Waals surface area contributed by atoms with Crippen molar-refractivity contribution < 1.29 is 13.2 Å². The third-order valence-electron chi connectivity index (χ3n) is 7.34. The van der Waals surface area contributed by atoms with Crippen LogP contribution >= 0.6 is 11.5 Å². The summed E-state index contributed by atoms with van der Waals surface area (Å²) in [5.74, 6) is -1.82. The van der Waals surface area contributed by atoms with Crippen LogP contribution in [-0.2, 0) is 6.54 Å². The molecule has 1 aromatic carbocycles. The van der Waals surface area contributed by atoms with Gasteiger partial charge in [-0.15, -0.1) is 5.10 Å². The van der Waals surface area contributed by atoms with Gasteiger partial charge in [0.1, 0.15) is 10.8 Å². The number of fused-ring (bicyclic) bond motifs is 3. The molecule has 2 aromatic heterocycles. The number of anilines is 2. The summed E-state index contributed by atoms with van der Waals surface area (Å²) in [5, 5.41) is 9.50. The van der Waals surface area contributed by atoms with Crippen LogP contribution in [0.2, 0.25) is 0 Å². The van der Waals surface area contributed by atoms with Crippen molar-refractivity contribution in [3.05, 3.63) is 52.7 Å². The van der Waals surface area contributed by atoms with Crippen molar-refractivity contribution in [3.8, 4) is 0 Å². The molecule has 6 nitrogen and oxygen atoms in total. The van der Waals surface area contributed by atoms with Crippen LogP contribution in [0.1, 0.15) is 48.7 Å². The summed E-state index contributed by atoms with van der Waals surface area (Å²) in [6, 6.07) is 4.62. The summed E-state index contributed by atoms with van der Waals surface area (Å²) in [6.45, 7) is 4.71. The predicted molar refractivity (Wildman–Crippen MR) is 120 cm³/mol. The van der Waals surface area contributed by atoms with Crippen LogP contribution in [0, 0.1) is 36.2 Å². The number of halogens is 3. The van der Waals surface area contributed by atoms with E-state index in [-0.39, 0.29) is 5.92 Å². The van der Waals surface area contributed by atoms with E-state index in [9.17, 15) is 13.2 Å². The van der Waals surface area contributed by atoms with Gasteiger partial charge in [0.15, 0.2) is 17.5 Å². The lowest BCUT2D eigenvalue weighted by Gasteiger charge is -2.38. The van der Waals surface area contributed by atoms with Crippen molar-refractivity contribution in [1.82, 2.24) is 19.1 Å². The second-order valence-corrected chi connectivity index (χ2v) is 10.3. The molecule has 1 saturated carbocycles. The molecule has 174 valence electrons. The number of piperidine rings is 1. The van der Waals surface area contributed by atoms with E-state index in [1.807, 2.05) is 11.6 Å². The Morgan fingerprint density at radius 3 is 2.42 bits per heavy atom. The Balaban J connectivity index is 1.22. The van der Waals surface area contributed by atoms with Gasteiger partial charge in [0.05, 0.1) is 5.69 Å². The average molecular weight is 475 g/mol. The highest BCUT2D eigenvalue weighted by atomic mass is 32.1. The molecule has 0 radical (unpaired) electrons. The Labute approximate surface area is 194 Å². The maximum atomic E-state index is 13.9. The zero-order chi connectivity index (χ0) is 22.7. The molecule has 0 amide bonds. The van der Waals surface area contributed by atoms with Gasteiger partial charge in [-0.25, -0.2) is 17.9 Å². The number of hydrogen-bond acceptors (Lipinski definition) is 6. The molecular formula is C23H25F3N6S. The van der Waals surface area contributed by atoms with Gasteiger partial charge in [-0.05, 0) is 79.7 Å². The molecule has 2 aliphatic heterocycles. The van der Waals surface area contributed by atoms with Crippen LogP contribution < -0.4 is 10.2 Å². The largest absolute Gasteiger partial charge is 0.361 e. The molecule has 3 aromatic rings. The minimum absolute atomic E-state index is 0.305. The highest BCUT2D eigenvalue weighted by Crippen LogP contribution is 2.41. The number of hydrogen-bond donors (Lipinski definition) is 1. The average Bonchev–Trinajstić information content (AvgIpc) is 3.47. The maximum Gasteiger partial charge on any atom is 0.242 e. The summed E-state index contributed by atoms with van der Waals surface area (Å²) < 4.78 is 47.4. The van der Waals surface area contributed by atoms with Gasteiger partial charge in [-0.2, -0.15) is 9.36 Å². The molecule has 3 aliphatic rings. The molecule has 33 heavy (non-hydrogen) atoms. The second kappa shape index (κ2) is 8.00. The zero-order valence-electron chi connectivity index (χ0n) is 18.3. The molecule has 4 heterocycles. The lowest BCUT2D eigenvalue weighted by molar-refractivity contribution is 0.377. The van der Waals surface area contributed by atoms with Gasteiger partial charge in [-0.1, -0.05) is 0 Å². The summed E-state index contributed by atoms with van der Waals surface area (Å²) in [7, 11) is 0. The van der Waals surface area contributed by atoms with Gasteiger partial charge in [0.25, 0.3) is 0 Å². The van der Waals surface area contributed by atoms with Crippen molar-refractivity contribution in [1.29, 1.82) is 0 Å². The smallest absolute Gasteiger partial charge is 0.242 e. The highest BCUT2D eigenvalue weighted by Gasteiger charge is 2.43. The van der Waals surface area contributed by atoms with Crippen molar-refractivity contribution in [2.24, 2.45) is 11.8 Å². The molecule has 10 heteroatoms. The standard InChI is InChI=1S/C23H25F3N6S/c1-12-7-19(33-30-12)31-10-13-4-5-14(11-31)21(13)27-23-28-22-16(3-2-6-32(22)29-23)15-8-17(24)20(26)18(25)9-15/h7-9,13-14,16,21H,2-6,10-11H2,1H3,(H,27,29)/t13-,14?,16?,21?/m0/s1. The SMILES string of the molecule is Cc1cc(N2CC3CC[C@@H](C2)C3Nc2nc3n(n2)CCCC3c2cc(F)c(F)c(F)c2)sn1. The molecule has 4 atom stereocenters. The highest BCUT2D eigenvalue weighted by molar-refractivity contribution is 7.10. The Kier molecular flexibility index (Phi) is 5.08. The molecule has 2 bridgehead atoms. The van der Waals surface area contributed by atoms with Crippen LogP contribution in [-0.4, -0.2) is 38.3 Å². The molecule has 3 unspecified atom stereocenters. The Bertz CT molecular complexity index is 1160. The van der Waals surface area contributed by atoms with E-state index in [0.29, 0.717) is 48.2 Å². The number of aryl methyl sites for hydroxylation is 2. The van der Waals surface area contributed by atoms with Gasteiger partial charge in [-0.3, -0.25) is 0 Å². The third-order valence-corrected chi connectivity index (χ3v) is 8.28. The minimum atomic E-state index is -1.44. The first-order valence-electron chi connectivity index (χ1n) is 11.5. The molecule has 1 aliphatic carbocycles. The molecule has 6 rings (SSSR count). The van der Waals surface area contributed by atoms with Gasteiger partial charge < -0.3 is 10.2 Å². The quantitative estimate of drug-likeness (QED) is 0.555. The first-order chi connectivity index (χ1) is 16.0. The lowest BCUT2D eigenvalue weighted by atomic mass is 9.91. The molecule has 1 saturated heterocycles. The van der Waals surface area contributed by atoms with Crippen LogP contribution in [0.5, 0.6) is 0 Å². The van der Waals surface area contributed by atoms with Gasteiger partial charge in [0.2, 0.25) is 5.95 Å².